The number of hydrogen-bond acceptors (Lipinski definition) is 3. The molecule has 0 radical (unpaired) electrons. The Balaban J connectivity index is 0.00000208. The summed E-state index contributed by atoms with van der Waals surface area (Å²) in [5.41, 5.74) is 0.970. The van der Waals surface area contributed by atoms with Crippen LogP contribution in [0.5, 0.6) is 0 Å². The molecule has 2 N–H and O–H groups in total. The van der Waals surface area contributed by atoms with E-state index < -0.39 is 10.1 Å². The minimum atomic E-state index is -4.34. The zero-order chi connectivity index (χ0) is 16.4. The van der Waals surface area contributed by atoms with Gasteiger partial charge in [0.1, 0.15) is 4.90 Å². The van der Waals surface area contributed by atoms with Crippen LogP contribution in [0.2, 0.25) is 0 Å². The second-order valence-electron chi connectivity index (χ2n) is 4.95. The predicted molar refractivity (Wildman–Crippen MR) is 95.3 cm³/mol. The summed E-state index contributed by atoms with van der Waals surface area (Å²) in [4.78, 5) is 12.1. The summed E-state index contributed by atoms with van der Waals surface area (Å²) in [5.74, 6) is -0.296. The molecule has 1 amide bonds. The molecule has 3 aromatic rings. The third-order valence-corrected chi connectivity index (χ3v) is 4.36. The van der Waals surface area contributed by atoms with Crippen LogP contribution in [0.4, 0.5) is 5.69 Å². The van der Waals surface area contributed by atoms with Gasteiger partial charge in [-0.2, -0.15) is 8.42 Å². The first-order chi connectivity index (χ1) is 11.0. The Labute approximate surface area is 161 Å². The Bertz CT molecular complexity index is 988. The molecular weight excluding hydrogens is 337 g/mol. The van der Waals surface area contributed by atoms with Crippen LogP contribution in [0.15, 0.2) is 71.6 Å². The molecule has 0 atom stereocenters. The van der Waals surface area contributed by atoms with Gasteiger partial charge in [0.25, 0.3) is 16.0 Å². The van der Waals surface area contributed by atoms with Crippen LogP contribution in [0.3, 0.4) is 0 Å². The van der Waals surface area contributed by atoms with E-state index in [1.165, 1.54) is 12.1 Å². The number of anilines is 1. The number of carbonyl (C=O) groups is 1. The molecule has 3 rings (SSSR count). The van der Waals surface area contributed by atoms with Crippen molar-refractivity contribution in [2.45, 2.75) is 4.90 Å². The quantitative estimate of drug-likeness (QED) is 0.561. The molecular formula is C17H14NNaO4S. The SMILES string of the molecule is O=C(Nc1ccc(S(=O)(=O)O)c2ccccc12)c1ccccc1.[NaH]. The number of fused-ring (bicyclic) bond motifs is 1. The Morgan fingerprint density at radius 3 is 2.04 bits per heavy atom. The topological polar surface area (TPSA) is 83.5 Å². The molecule has 0 aliphatic carbocycles. The average Bonchev–Trinajstić information content (AvgIpc) is 2.55. The molecule has 5 nitrogen and oxygen atoms in total. The first kappa shape index (κ1) is 18.6. The minimum absolute atomic E-state index is 0. The van der Waals surface area contributed by atoms with Gasteiger partial charge in [-0.05, 0) is 24.3 Å². The Kier molecular flexibility index (Phi) is 5.79. The number of hydrogen-bond donors (Lipinski definition) is 2. The van der Waals surface area contributed by atoms with Gasteiger partial charge in [-0.3, -0.25) is 9.35 Å². The Morgan fingerprint density at radius 1 is 0.833 bits per heavy atom. The summed E-state index contributed by atoms with van der Waals surface area (Å²) in [5, 5.41) is 3.65. The van der Waals surface area contributed by atoms with E-state index in [-0.39, 0.29) is 40.4 Å². The van der Waals surface area contributed by atoms with Gasteiger partial charge in [0, 0.05) is 22.0 Å². The molecule has 0 fully saturated rings. The molecule has 0 aliphatic heterocycles. The van der Waals surface area contributed by atoms with Gasteiger partial charge in [0.05, 0.1) is 0 Å². The fourth-order valence-electron chi connectivity index (χ4n) is 2.39. The second-order valence-corrected chi connectivity index (χ2v) is 6.34. The van der Waals surface area contributed by atoms with E-state index in [0.29, 0.717) is 22.0 Å². The number of rotatable bonds is 3. The van der Waals surface area contributed by atoms with Gasteiger partial charge in [-0.15, -0.1) is 0 Å². The van der Waals surface area contributed by atoms with Gasteiger partial charge < -0.3 is 5.32 Å². The fraction of sp³-hybridized carbons (Fsp3) is 0. The molecule has 0 aromatic heterocycles. The van der Waals surface area contributed by atoms with Crippen molar-refractivity contribution in [3.63, 3.8) is 0 Å². The van der Waals surface area contributed by atoms with Crippen molar-refractivity contribution in [3.05, 3.63) is 72.3 Å². The first-order valence-electron chi connectivity index (χ1n) is 6.82. The van der Waals surface area contributed by atoms with Crippen molar-refractivity contribution in [2.75, 3.05) is 5.32 Å². The van der Waals surface area contributed by atoms with Crippen LogP contribution in [0.1, 0.15) is 10.4 Å². The summed E-state index contributed by atoms with van der Waals surface area (Å²) in [6.07, 6.45) is 0. The van der Waals surface area contributed by atoms with E-state index in [0.717, 1.165) is 0 Å². The number of nitrogens with one attached hydrogen (secondary N) is 1. The Morgan fingerprint density at radius 2 is 1.42 bits per heavy atom. The molecule has 118 valence electrons. The fourth-order valence-corrected chi connectivity index (χ4v) is 3.09. The summed E-state index contributed by atoms with van der Waals surface area (Å²) < 4.78 is 32.3. The van der Waals surface area contributed by atoms with Crippen molar-refractivity contribution in [1.82, 2.24) is 0 Å². The van der Waals surface area contributed by atoms with E-state index in [4.69, 9.17) is 0 Å². The Hall–Kier alpha value is -1.70. The van der Waals surface area contributed by atoms with E-state index in [1.54, 1.807) is 48.5 Å². The van der Waals surface area contributed by atoms with Crippen molar-refractivity contribution in [3.8, 4) is 0 Å². The van der Waals surface area contributed by atoms with Crippen LogP contribution >= 0.6 is 0 Å². The van der Waals surface area contributed by atoms with E-state index in [1.807, 2.05) is 6.07 Å². The summed E-state index contributed by atoms with van der Waals surface area (Å²) in [6, 6.07) is 18.1. The molecule has 0 saturated carbocycles. The predicted octanol–water partition coefficient (Wildman–Crippen LogP) is 2.69. The van der Waals surface area contributed by atoms with Gasteiger partial charge in [-0.1, -0.05) is 42.5 Å². The van der Waals surface area contributed by atoms with Crippen molar-refractivity contribution in [1.29, 1.82) is 0 Å². The molecule has 0 spiro atoms. The normalized spacial score (nSPS) is 10.9. The monoisotopic (exact) mass is 351 g/mol. The summed E-state index contributed by atoms with van der Waals surface area (Å²) in [7, 11) is -4.34. The second kappa shape index (κ2) is 7.46. The molecule has 0 unspecified atom stereocenters. The van der Waals surface area contributed by atoms with E-state index in [9.17, 15) is 17.8 Å². The van der Waals surface area contributed by atoms with Gasteiger partial charge >= 0.3 is 29.6 Å². The first-order valence-corrected chi connectivity index (χ1v) is 8.26. The number of amides is 1. The summed E-state index contributed by atoms with van der Waals surface area (Å²) in [6.45, 7) is 0. The van der Waals surface area contributed by atoms with E-state index >= 15 is 0 Å². The molecule has 0 saturated heterocycles. The van der Waals surface area contributed by atoms with Gasteiger partial charge in [0.2, 0.25) is 0 Å². The zero-order valence-electron chi connectivity index (χ0n) is 11.9. The molecule has 0 bridgehead atoms. The molecule has 0 heterocycles. The van der Waals surface area contributed by atoms with Crippen LogP contribution in [0, 0.1) is 0 Å². The average molecular weight is 351 g/mol. The molecule has 0 aliphatic rings. The van der Waals surface area contributed by atoms with Gasteiger partial charge in [0.15, 0.2) is 0 Å². The molecule has 7 heteroatoms. The summed E-state index contributed by atoms with van der Waals surface area (Å²) >= 11 is 0. The van der Waals surface area contributed by atoms with Gasteiger partial charge in [-0.25, -0.2) is 0 Å². The van der Waals surface area contributed by atoms with Crippen molar-refractivity contribution >= 4 is 62.0 Å². The van der Waals surface area contributed by atoms with E-state index in [2.05, 4.69) is 5.32 Å². The van der Waals surface area contributed by atoms with Crippen molar-refractivity contribution in [2.24, 2.45) is 0 Å². The van der Waals surface area contributed by atoms with Crippen LogP contribution in [0.25, 0.3) is 10.8 Å². The van der Waals surface area contributed by atoms with Crippen molar-refractivity contribution < 1.29 is 17.8 Å². The third kappa shape index (κ3) is 3.85. The molecule has 3 aromatic carbocycles. The maximum absolute atomic E-state index is 12.3. The molecule has 24 heavy (non-hydrogen) atoms. The number of benzene rings is 3. The maximum atomic E-state index is 12.3. The third-order valence-electron chi connectivity index (χ3n) is 3.45. The van der Waals surface area contributed by atoms with Crippen LogP contribution < -0.4 is 5.32 Å². The number of carbonyl (C=O) groups excluding carboxylic acids is 1. The standard InChI is InChI=1S/C17H13NO4S.Na.H/c19-17(12-6-2-1-3-7-12)18-15-10-11-16(23(20,21)22)14-9-5-4-8-13(14)15;;/h1-11H,(H,18,19)(H,20,21,22);;. The van der Waals surface area contributed by atoms with Crippen LogP contribution in [-0.4, -0.2) is 48.4 Å². The zero-order valence-corrected chi connectivity index (χ0v) is 12.7. The van der Waals surface area contributed by atoms with Crippen LogP contribution in [-0.2, 0) is 10.1 Å².